The molecule has 5 nitrogen and oxygen atoms in total. The maximum atomic E-state index is 11.1. The summed E-state index contributed by atoms with van der Waals surface area (Å²) >= 11 is 0. The predicted octanol–water partition coefficient (Wildman–Crippen LogP) is 2.29. The van der Waals surface area contributed by atoms with Crippen LogP contribution in [0.1, 0.15) is 19.8 Å². The summed E-state index contributed by atoms with van der Waals surface area (Å²) < 4.78 is 0. The topological polar surface area (TPSA) is 75.1 Å². The molecule has 18 heavy (non-hydrogen) atoms. The summed E-state index contributed by atoms with van der Waals surface area (Å²) in [5.74, 6) is -0.291. The van der Waals surface area contributed by atoms with E-state index in [1.54, 1.807) is 0 Å². The Hall–Kier alpha value is -2.17. The first-order valence-corrected chi connectivity index (χ1v) is 5.91. The largest absolute Gasteiger partial charge is 0.480 e. The molecule has 0 aliphatic carbocycles. The lowest BCUT2D eigenvalue weighted by molar-refractivity contribution is -0.138. The number of hydrogen-bond acceptors (Lipinski definition) is 4. The first-order chi connectivity index (χ1) is 8.72. The molecule has 5 heteroatoms. The number of carboxylic acid groups (broad SMARTS) is 1. The fourth-order valence-electron chi connectivity index (χ4n) is 1.83. The molecule has 2 aromatic rings. The molecule has 2 rings (SSSR count). The molecule has 0 saturated carbocycles. The van der Waals surface area contributed by atoms with Crippen molar-refractivity contribution < 1.29 is 9.90 Å². The second-order valence-corrected chi connectivity index (χ2v) is 4.06. The van der Waals surface area contributed by atoms with Gasteiger partial charge in [0, 0.05) is 5.39 Å². The molecule has 0 fully saturated rings. The standard InChI is InChI=1S/C13H15N3O2/c1-2-5-11(13(17)18)16-12-9-6-3-4-7-10(9)14-8-15-12/h3-4,6-8,11H,2,5H2,1H3,(H,17,18)(H,14,15,16)/t11-/m0/s1. The first-order valence-electron chi connectivity index (χ1n) is 5.91. The molecule has 0 unspecified atom stereocenters. The van der Waals surface area contributed by atoms with Crippen molar-refractivity contribution >= 4 is 22.7 Å². The fraction of sp³-hybridized carbons (Fsp3) is 0.308. The lowest BCUT2D eigenvalue weighted by Gasteiger charge is -2.15. The van der Waals surface area contributed by atoms with E-state index in [2.05, 4.69) is 15.3 Å². The Morgan fingerprint density at radius 2 is 2.17 bits per heavy atom. The van der Waals surface area contributed by atoms with E-state index in [4.69, 9.17) is 5.11 Å². The summed E-state index contributed by atoms with van der Waals surface area (Å²) in [6, 6.07) is 6.90. The quantitative estimate of drug-likeness (QED) is 0.845. The van der Waals surface area contributed by atoms with Crippen LogP contribution >= 0.6 is 0 Å². The molecule has 0 bridgehead atoms. The average Bonchev–Trinajstić information content (AvgIpc) is 2.38. The van der Waals surface area contributed by atoms with Gasteiger partial charge in [-0.1, -0.05) is 25.5 Å². The van der Waals surface area contributed by atoms with Gasteiger partial charge in [0.25, 0.3) is 0 Å². The van der Waals surface area contributed by atoms with Crippen molar-refractivity contribution in [2.45, 2.75) is 25.8 Å². The number of para-hydroxylation sites is 1. The summed E-state index contributed by atoms with van der Waals surface area (Å²) in [4.78, 5) is 19.4. The van der Waals surface area contributed by atoms with E-state index in [-0.39, 0.29) is 0 Å². The average molecular weight is 245 g/mol. The lowest BCUT2D eigenvalue weighted by Crippen LogP contribution is -2.29. The minimum Gasteiger partial charge on any atom is -0.480 e. The van der Waals surface area contributed by atoms with Gasteiger partial charge >= 0.3 is 5.97 Å². The number of anilines is 1. The molecule has 2 N–H and O–H groups in total. The second kappa shape index (κ2) is 5.44. The number of carboxylic acids is 1. The minimum absolute atomic E-state index is 0.563. The van der Waals surface area contributed by atoms with Crippen LogP contribution in [-0.2, 0) is 4.79 Å². The van der Waals surface area contributed by atoms with Crippen molar-refractivity contribution in [3.8, 4) is 0 Å². The van der Waals surface area contributed by atoms with Crippen LogP contribution in [0.5, 0.6) is 0 Å². The first kappa shape index (κ1) is 12.3. The van der Waals surface area contributed by atoms with Crippen molar-refractivity contribution in [3.05, 3.63) is 30.6 Å². The van der Waals surface area contributed by atoms with Crippen LogP contribution in [0.2, 0.25) is 0 Å². The summed E-state index contributed by atoms with van der Waals surface area (Å²) in [7, 11) is 0. The number of fused-ring (bicyclic) bond motifs is 1. The Balaban J connectivity index is 2.33. The summed E-state index contributed by atoms with van der Waals surface area (Å²) in [5, 5.41) is 12.9. The van der Waals surface area contributed by atoms with E-state index >= 15 is 0 Å². The molecule has 94 valence electrons. The van der Waals surface area contributed by atoms with E-state index in [0.717, 1.165) is 17.3 Å². The molecule has 1 aromatic heterocycles. The van der Waals surface area contributed by atoms with E-state index in [9.17, 15) is 4.79 Å². The van der Waals surface area contributed by atoms with Crippen molar-refractivity contribution in [2.24, 2.45) is 0 Å². The number of hydrogen-bond donors (Lipinski definition) is 2. The molecule has 0 spiro atoms. The molecule has 0 saturated heterocycles. The normalized spacial score (nSPS) is 12.3. The summed E-state index contributed by atoms with van der Waals surface area (Å²) in [6.07, 6.45) is 2.80. The van der Waals surface area contributed by atoms with E-state index in [1.807, 2.05) is 31.2 Å². The number of carbonyl (C=O) groups is 1. The van der Waals surface area contributed by atoms with E-state index < -0.39 is 12.0 Å². The lowest BCUT2D eigenvalue weighted by atomic mass is 10.1. The van der Waals surface area contributed by atoms with Crippen LogP contribution in [0, 0.1) is 0 Å². The third kappa shape index (κ3) is 2.56. The number of aromatic nitrogens is 2. The van der Waals surface area contributed by atoms with Crippen molar-refractivity contribution in [3.63, 3.8) is 0 Å². The molecule has 1 aromatic carbocycles. The number of nitrogens with one attached hydrogen (secondary N) is 1. The highest BCUT2D eigenvalue weighted by atomic mass is 16.4. The number of nitrogens with zero attached hydrogens (tertiary/aromatic N) is 2. The molecule has 1 atom stereocenters. The van der Waals surface area contributed by atoms with Gasteiger partial charge in [-0.25, -0.2) is 14.8 Å². The van der Waals surface area contributed by atoms with Gasteiger partial charge in [-0.3, -0.25) is 0 Å². The van der Waals surface area contributed by atoms with Gasteiger partial charge in [0.05, 0.1) is 5.52 Å². The number of benzene rings is 1. The Morgan fingerprint density at radius 1 is 1.39 bits per heavy atom. The van der Waals surface area contributed by atoms with Gasteiger partial charge in [-0.2, -0.15) is 0 Å². The maximum absolute atomic E-state index is 11.1. The molecule has 0 aliphatic rings. The third-order valence-electron chi connectivity index (χ3n) is 2.73. The molecular formula is C13H15N3O2. The van der Waals surface area contributed by atoms with Crippen LogP contribution < -0.4 is 5.32 Å². The van der Waals surface area contributed by atoms with Gasteiger partial charge in [-0.15, -0.1) is 0 Å². The van der Waals surface area contributed by atoms with Gasteiger partial charge in [0.2, 0.25) is 0 Å². The van der Waals surface area contributed by atoms with E-state index in [0.29, 0.717) is 12.2 Å². The molecule has 0 aliphatic heterocycles. The van der Waals surface area contributed by atoms with Crippen LogP contribution in [0.4, 0.5) is 5.82 Å². The van der Waals surface area contributed by atoms with E-state index in [1.165, 1.54) is 6.33 Å². The Kier molecular flexibility index (Phi) is 3.72. The highest BCUT2D eigenvalue weighted by Gasteiger charge is 2.17. The monoisotopic (exact) mass is 245 g/mol. The SMILES string of the molecule is CCC[C@H](Nc1ncnc2ccccc12)C(=O)O. The predicted molar refractivity (Wildman–Crippen MR) is 69.5 cm³/mol. The zero-order chi connectivity index (χ0) is 13.0. The molecule has 0 radical (unpaired) electrons. The van der Waals surface area contributed by atoms with Crippen molar-refractivity contribution in [1.29, 1.82) is 0 Å². The molecule has 1 heterocycles. The molecule has 0 amide bonds. The van der Waals surface area contributed by atoms with Crippen molar-refractivity contribution in [1.82, 2.24) is 9.97 Å². The zero-order valence-corrected chi connectivity index (χ0v) is 10.1. The van der Waals surface area contributed by atoms with Crippen LogP contribution in [-0.4, -0.2) is 27.1 Å². The smallest absolute Gasteiger partial charge is 0.326 e. The summed E-state index contributed by atoms with van der Waals surface area (Å²) in [5.41, 5.74) is 0.802. The maximum Gasteiger partial charge on any atom is 0.326 e. The fourth-order valence-corrected chi connectivity index (χ4v) is 1.83. The Bertz CT molecular complexity index is 551. The van der Waals surface area contributed by atoms with Crippen LogP contribution in [0.3, 0.4) is 0 Å². The highest BCUT2D eigenvalue weighted by Crippen LogP contribution is 2.19. The Labute approximate surface area is 105 Å². The number of rotatable bonds is 5. The van der Waals surface area contributed by atoms with Crippen LogP contribution in [0.25, 0.3) is 10.9 Å². The van der Waals surface area contributed by atoms with Crippen molar-refractivity contribution in [2.75, 3.05) is 5.32 Å². The summed E-state index contributed by atoms with van der Waals surface area (Å²) in [6.45, 7) is 1.95. The second-order valence-electron chi connectivity index (χ2n) is 4.06. The minimum atomic E-state index is -0.862. The highest BCUT2D eigenvalue weighted by molar-refractivity contribution is 5.90. The van der Waals surface area contributed by atoms with Gasteiger partial charge < -0.3 is 10.4 Å². The van der Waals surface area contributed by atoms with Gasteiger partial charge in [-0.05, 0) is 18.6 Å². The zero-order valence-electron chi connectivity index (χ0n) is 10.1. The van der Waals surface area contributed by atoms with Crippen LogP contribution in [0.15, 0.2) is 30.6 Å². The number of aliphatic carboxylic acids is 1. The van der Waals surface area contributed by atoms with Gasteiger partial charge in [0.15, 0.2) is 0 Å². The Morgan fingerprint density at radius 3 is 2.89 bits per heavy atom. The van der Waals surface area contributed by atoms with Gasteiger partial charge in [0.1, 0.15) is 18.2 Å². The third-order valence-corrected chi connectivity index (χ3v) is 2.73. The molecular weight excluding hydrogens is 230 g/mol.